The molecular formula is C28H26ClN3O4. The number of anilines is 2. The number of amides is 2. The third-order valence-corrected chi connectivity index (χ3v) is 5.52. The molecule has 0 saturated carbocycles. The van der Waals surface area contributed by atoms with Crippen LogP contribution in [-0.2, 0) is 9.59 Å². The minimum atomic E-state index is -0.556. The Hall–Kier alpha value is -4.28. The number of nitrogens with zero attached hydrogens (tertiary/aromatic N) is 1. The zero-order chi connectivity index (χ0) is 26.2. The van der Waals surface area contributed by atoms with E-state index in [1.165, 1.54) is 19.3 Å². The van der Waals surface area contributed by atoms with Gasteiger partial charge in [0, 0.05) is 11.4 Å². The van der Waals surface area contributed by atoms with Gasteiger partial charge in [0.15, 0.2) is 18.1 Å². The van der Waals surface area contributed by atoms with Crippen LogP contribution in [0.3, 0.4) is 0 Å². The Balaban J connectivity index is 1.73. The first kappa shape index (κ1) is 26.3. The summed E-state index contributed by atoms with van der Waals surface area (Å²) >= 11 is 6.40. The Labute approximate surface area is 215 Å². The molecule has 2 N–H and O–H groups in total. The third-order valence-electron chi connectivity index (χ3n) is 5.24. The molecule has 3 rings (SSSR count). The van der Waals surface area contributed by atoms with E-state index < -0.39 is 5.91 Å². The molecule has 8 heteroatoms. The van der Waals surface area contributed by atoms with Gasteiger partial charge in [0.05, 0.1) is 12.1 Å². The van der Waals surface area contributed by atoms with Crippen LogP contribution in [0.25, 0.3) is 6.08 Å². The summed E-state index contributed by atoms with van der Waals surface area (Å²) < 4.78 is 11.0. The normalized spacial score (nSPS) is 10.8. The quantitative estimate of drug-likeness (QED) is 0.297. The minimum absolute atomic E-state index is 0.116. The molecule has 184 valence electrons. The number of carbonyl (C=O) groups excluding carboxylic acids is 2. The number of aryl methyl sites for hydroxylation is 3. The van der Waals surface area contributed by atoms with Crippen molar-refractivity contribution in [2.75, 3.05) is 24.4 Å². The molecule has 0 aliphatic rings. The number of nitrogens with one attached hydrogen (secondary N) is 2. The van der Waals surface area contributed by atoms with Gasteiger partial charge in [-0.3, -0.25) is 9.59 Å². The van der Waals surface area contributed by atoms with Crippen molar-refractivity contribution in [2.45, 2.75) is 20.8 Å². The average Bonchev–Trinajstić information content (AvgIpc) is 2.84. The second-order valence-corrected chi connectivity index (χ2v) is 8.59. The molecule has 0 aromatic heterocycles. The number of benzene rings is 3. The van der Waals surface area contributed by atoms with Crippen molar-refractivity contribution in [3.05, 3.63) is 87.4 Å². The molecule has 0 heterocycles. The fourth-order valence-electron chi connectivity index (χ4n) is 3.39. The molecule has 0 atom stereocenters. The van der Waals surface area contributed by atoms with Crippen molar-refractivity contribution in [3.63, 3.8) is 0 Å². The second kappa shape index (κ2) is 11.9. The molecule has 0 radical (unpaired) electrons. The minimum Gasteiger partial charge on any atom is -0.493 e. The number of halogens is 1. The van der Waals surface area contributed by atoms with Gasteiger partial charge >= 0.3 is 0 Å². The topological polar surface area (TPSA) is 100 Å². The van der Waals surface area contributed by atoms with E-state index in [9.17, 15) is 14.9 Å². The van der Waals surface area contributed by atoms with Crippen LogP contribution in [0.2, 0.25) is 5.02 Å². The first-order valence-corrected chi connectivity index (χ1v) is 11.4. The maximum atomic E-state index is 12.6. The van der Waals surface area contributed by atoms with Crippen LogP contribution >= 0.6 is 11.6 Å². The standard InChI is InChI=1S/C28H26ClN3O4/c1-17-5-8-22(9-6-17)31-28(34)21(15-30)12-20-13-23(29)27(25(14-20)35-4)36-16-26(33)32-24-10-7-18(2)11-19(24)3/h5-14H,16H2,1-4H3,(H,31,34)(H,32,33)/b21-12-. The highest BCUT2D eigenvalue weighted by atomic mass is 35.5. The predicted octanol–water partition coefficient (Wildman–Crippen LogP) is 5.84. The summed E-state index contributed by atoms with van der Waals surface area (Å²) in [7, 11) is 1.43. The Morgan fingerprint density at radius 2 is 1.69 bits per heavy atom. The van der Waals surface area contributed by atoms with Crippen LogP contribution in [0.15, 0.2) is 60.2 Å². The smallest absolute Gasteiger partial charge is 0.266 e. The van der Waals surface area contributed by atoms with Gasteiger partial charge in [-0.05, 0) is 68.3 Å². The lowest BCUT2D eigenvalue weighted by Gasteiger charge is -2.14. The lowest BCUT2D eigenvalue weighted by Crippen LogP contribution is -2.21. The van der Waals surface area contributed by atoms with E-state index in [1.54, 1.807) is 18.2 Å². The van der Waals surface area contributed by atoms with Crippen molar-refractivity contribution in [1.82, 2.24) is 0 Å². The van der Waals surface area contributed by atoms with Gasteiger partial charge in [-0.15, -0.1) is 0 Å². The van der Waals surface area contributed by atoms with Crippen molar-refractivity contribution in [3.8, 4) is 17.6 Å². The number of methoxy groups -OCH3 is 1. The highest BCUT2D eigenvalue weighted by Crippen LogP contribution is 2.37. The van der Waals surface area contributed by atoms with E-state index in [-0.39, 0.29) is 34.6 Å². The second-order valence-electron chi connectivity index (χ2n) is 8.18. The first-order chi connectivity index (χ1) is 17.2. The van der Waals surface area contributed by atoms with Gasteiger partial charge in [-0.25, -0.2) is 0 Å². The fraction of sp³-hybridized carbons (Fsp3) is 0.179. The van der Waals surface area contributed by atoms with Gasteiger partial charge in [-0.1, -0.05) is 47.0 Å². The van der Waals surface area contributed by atoms with Crippen molar-refractivity contribution >= 4 is 40.9 Å². The SMILES string of the molecule is COc1cc(/C=C(/C#N)C(=O)Nc2ccc(C)cc2)cc(Cl)c1OCC(=O)Nc1ccc(C)cc1C. The number of carbonyl (C=O) groups is 2. The summed E-state index contributed by atoms with van der Waals surface area (Å²) in [5.74, 6) is -0.484. The fourth-order valence-corrected chi connectivity index (χ4v) is 3.67. The summed E-state index contributed by atoms with van der Waals surface area (Å²) in [6.45, 7) is 5.53. The van der Waals surface area contributed by atoms with Crippen molar-refractivity contribution < 1.29 is 19.1 Å². The molecular weight excluding hydrogens is 478 g/mol. The van der Waals surface area contributed by atoms with Crippen LogP contribution in [0, 0.1) is 32.1 Å². The third kappa shape index (κ3) is 6.87. The lowest BCUT2D eigenvalue weighted by atomic mass is 10.1. The van der Waals surface area contributed by atoms with Gasteiger partial charge in [0.2, 0.25) is 0 Å². The molecule has 0 unspecified atom stereocenters. The maximum absolute atomic E-state index is 12.6. The van der Waals surface area contributed by atoms with E-state index in [4.69, 9.17) is 21.1 Å². The number of hydrogen-bond donors (Lipinski definition) is 2. The maximum Gasteiger partial charge on any atom is 0.266 e. The van der Waals surface area contributed by atoms with E-state index in [1.807, 2.05) is 57.2 Å². The first-order valence-electron chi connectivity index (χ1n) is 11.1. The van der Waals surface area contributed by atoms with E-state index >= 15 is 0 Å². The Kier molecular flexibility index (Phi) is 8.71. The van der Waals surface area contributed by atoms with E-state index in [0.717, 1.165) is 16.7 Å². The highest BCUT2D eigenvalue weighted by molar-refractivity contribution is 6.32. The summed E-state index contributed by atoms with van der Waals surface area (Å²) in [5, 5.41) is 15.2. The molecule has 0 spiro atoms. The molecule has 0 bridgehead atoms. The number of hydrogen-bond acceptors (Lipinski definition) is 5. The summed E-state index contributed by atoms with van der Waals surface area (Å²) in [4.78, 5) is 25.0. The Morgan fingerprint density at radius 3 is 2.33 bits per heavy atom. The van der Waals surface area contributed by atoms with Crippen LogP contribution in [0.4, 0.5) is 11.4 Å². The summed E-state index contributed by atoms with van der Waals surface area (Å²) in [5.41, 5.74) is 4.70. The molecule has 0 saturated heterocycles. The lowest BCUT2D eigenvalue weighted by molar-refractivity contribution is -0.118. The van der Waals surface area contributed by atoms with Gasteiger partial charge in [0.1, 0.15) is 11.6 Å². The molecule has 3 aromatic carbocycles. The van der Waals surface area contributed by atoms with Gasteiger partial charge in [0.25, 0.3) is 11.8 Å². The largest absolute Gasteiger partial charge is 0.493 e. The molecule has 3 aromatic rings. The van der Waals surface area contributed by atoms with E-state index in [0.29, 0.717) is 16.9 Å². The Morgan fingerprint density at radius 1 is 1.00 bits per heavy atom. The van der Waals surface area contributed by atoms with Gasteiger partial charge < -0.3 is 20.1 Å². The monoisotopic (exact) mass is 503 g/mol. The highest BCUT2D eigenvalue weighted by Gasteiger charge is 2.16. The number of ether oxygens (including phenoxy) is 2. The molecule has 0 fully saturated rings. The van der Waals surface area contributed by atoms with E-state index in [2.05, 4.69) is 10.6 Å². The molecule has 0 aliphatic heterocycles. The zero-order valence-electron chi connectivity index (χ0n) is 20.4. The van der Waals surface area contributed by atoms with Gasteiger partial charge in [-0.2, -0.15) is 5.26 Å². The average molecular weight is 504 g/mol. The van der Waals surface area contributed by atoms with Crippen molar-refractivity contribution in [1.29, 1.82) is 5.26 Å². The van der Waals surface area contributed by atoms with Crippen LogP contribution in [0.1, 0.15) is 22.3 Å². The predicted molar refractivity (Wildman–Crippen MR) is 141 cm³/mol. The molecule has 36 heavy (non-hydrogen) atoms. The van der Waals surface area contributed by atoms with Crippen LogP contribution < -0.4 is 20.1 Å². The number of nitriles is 1. The molecule has 2 amide bonds. The molecule has 0 aliphatic carbocycles. The summed E-state index contributed by atoms with van der Waals surface area (Å²) in [6.07, 6.45) is 1.40. The Bertz CT molecular complexity index is 1360. The van der Waals surface area contributed by atoms with Crippen LogP contribution in [-0.4, -0.2) is 25.5 Å². The number of rotatable bonds is 8. The van der Waals surface area contributed by atoms with Crippen molar-refractivity contribution in [2.24, 2.45) is 0 Å². The summed E-state index contributed by atoms with van der Waals surface area (Å²) in [6, 6.07) is 17.9. The van der Waals surface area contributed by atoms with Crippen LogP contribution in [0.5, 0.6) is 11.5 Å². The molecule has 7 nitrogen and oxygen atoms in total. The zero-order valence-corrected chi connectivity index (χ0v) is 21.2.